The number of pyridine rings is 1. The summed E-state index contributed by atoms with van der Waals surface area (Å²) < 4.78 is 24.2. The molecule has 0 saturated carbocycles. The molecule has 1 aromatic heterocycles. The van der Waals surface area contributed by atoms with Gasteiger partial charge in [0.1, 0.15) is 23.9 Å². The number of aromatic nitrogens is 1. The van der Waals surface area contributed by atoms with Gasteiger partial charge in [0.15, 0.2) is 6.29 Å². The Kier molecular flexibility index (Phi) is 15.3. The molecule has 0 aliphatic carbocycles. The number of rotatable bonds is 10. The van der Waals surface area contributed by atoms with Crippen LogP contribution < -0.4 is 10.6 Å². The summed E-state index contributed by atoms with van der Waals surface area (Å²) in [4.78, 5) is 46.1. The third kappa shape index (κ3) is 12.1. The van der Waals surface area contributed by atoms with E-state index in [0.29, 0.717) is 13.0 Å². The second kappa shape index (κ2) is 18.4. The molecule has 2 saturated heterocycles. The van der Waals surface area contributed by atoms with Gasteiger partial charge in [-0.25, -0.2) is 0 Å². The Bertz CT molecular complexity index is 1170. The number of nitrogens with zero attached hydrogens (tertiary/aromatic N) is 2. The Morgan fingerprint density at radius 2 is 1.85 bits per heavy atom. The van der Waals surface area contributed by atoms with E-state index in [1.165, 1.54) is 20.8 Å². The van der Waals surface area contributed by atoms with Gasteiger partial charge in [-0.05, 0) is 66.8 Å². The first-order chi connectivity index (χ1) is 22.6. The highest BCUT2D eigenvalue weighted by Gasteiger charge is 2.42. The highest BCUT2D eigenvalue weighted by atomic mass is 16.7. The van der Waals surface area contributed by atoms with Gasteiger partial charge in [-0.15, -0.1) is 0 Å². The third-order valence-electron chi connectivity index (χ3n) is 9.08. The van der Waals surface area contributed by atoms with E-state index in [-0.39, 0.29) is 38.1 Å². The second-order valence-corrected chi connectivity index (χ2v) is 13.9. The molecular formula is C34H56N4O10. The van der Waals surface area contributed by atoms with E-state index >= 15 is 0 Å². The number of aliphatic hydroxyl groups is 3. The number of ketones is 1. The number of ether oxygens (including phenoxy) is 4. The van der Waals surface area contributed by atoms with Crippen molar-refractivity contribution in [2.45, 2.75) is 121 Å². The van der Waals surface area contributed by atoms with Crippen molar-refractivity contribution in [1.82, 2.24) is 20.5 Å². The maximum absolute atomic E-state index is 13.6. The van der Waals surface area contributed by atoms with Crippen molar-refractivity contribution in [1.29, 1.82) is 0 Å². The van der Waals surface area contributed by atoms with Crippen molar-refractivity contribution in [3.8, 4) is 0 Å². The van der Waals surface area contributed by atoms with Crippen LogP contribution in [0.1, 0.15) is 66.0 Å². The summed E-state index contributed by atoms with van der Waals surface area (Å²) in [6, 6.07) is 5.19. The summed E-state index contributed by atoms with van der Waals surface area (Å²) in [5.41, 5.74) is -1.13. The number of hydrogen-bond donors (Lipinski definition) is 5. The van der Waals surface area contributed by atoms with Gasteiger partial charge in [0.05, 0.1) is 48.7 Å². The van der Waals surface area contributed by atoms with Crippen molar-refractivity contribution >= 4 is 17.7 Å². The quantitative estimate of drug-likeness (QED) is 0.170. The Balaban J connectivity index is 1.87. The van der Waals surface area contributed by atoms with Gasteiger partial charge in [-0.1, -0.05) is 13.0 Å². The van der Waals surface area contributed by atoms with Crippen LogP contribution in [-0.2, 0) is 39.9 Å². The van der Waals surface area contributed by atoms with E-state index in [2.05, 4.69) is 20.5 Å². The van der Waals surface area contributed by atoms with Crippen LogP contribution in [0.15, 0.2) is 24.4 Å². The predicted octanol–water partition coefficient (Wildman–Crippen LogP) is 0.553. The van der Waals surface area contributed by atoms with E-state index in [1.807, 2.05) is 39.2 Å². The Morgan fingerprint density at radius 3 is 2.52 bits per heavy atom. The minimum atomic E-state index is -1.95. The molecule has 0 bridgehead atoms. The van der Waals surface area contributed by atoms with Gasteiger partial charge in [-0.3, -0.25) is 19.4 Å². The molecule has 3 rings (SSSR count). The second-order valence-electron chi connectivity index (χ2n) is 13.9. The average Bonchev–Trinajstić information content (AvgIpc) is 3.03. The lowest BCUT2D eigenvalue weighted by atomic mass is 9.89. The zero-order valence-electron chi connectivity index (χ0n) is 29.3. The number of Topliss-reactive ketones (excluding diaryl/α,β-unsaturated/α-hetero) is 1. The first-order valence-electron chi connectivity index (χ1n) is 16.8. The molecule has 2 fully saturated rings. The zero-order valence-corrected chi connectivity index (χ0v) is 29.3. The van der Waals surface area contributed by atoms with Crippen LogP contribution in [-0.4, -0.2) is 131 Å². The molecule has 14 heteroatoms. The molecule has 2 aliphatic rings. The predicted molar refractivity (Wildman–Crippen MR) is 175 cm³/mol. The Morgan fingerprint density at radius 1 is 1.12 bits per heavy atom. The standard InChI is InChI=1S/C34H56N4O10/c1-20-12-28(45-18-26(39)17-35-16-24-10-8-9-11-36-24)29(48-30-14-25(38(6)7)13-21(2)47-30)15-27(40)22(3)33(43)46-19-34(5,44)31(41)23(4)32(42)37-20/h8-11,20-23,25-26,28-31,35,39,41,44H,12-19H2,1-7H3,(H,37,42)/t20-,21?,22?,23?,25?,26?,28?,29-,30?,31?,34-/m1/s1. The minimum absolute atomic E-state index is 0.117. The summed E-state index contributed by atoms with van der Waals surface area (Å²) in [6.07, 6.45) is -2.11. The molecule has 3 heterocycles. The fraction of sp³-hybridized carbons (Fsp3) is 0.765. The number of aliphatic hydroxyl groups excluding tert-OH is 2. The molecule has 0 radical (unpaired) electrons. The molecule has 48 heavy (non-hydrogen) atoms. The van der Waals surface area contributed by atoms with E-state index in [1.54, 1.807) is 13.1 Å². The number of cyclic esters (lactones) is 1. The van der Waals surface area contributed by atoms with E-state index < -0.39 is 78.5 Å². The maximum Gasteiger partial charge on any atom is 0.316 e. The fourth-order valence-electron chi connectivity index (χ4n) is 5.93. The van der Waals surface area contributed by atoms with Gasteiger partial charge in [-0.2, -0.15) is 0 Å². The monoisotopic (exact) mass is 680 g/mol. The van der Waals surface area contributed by atoms with Gasteiger partial charge in [0, 0.05) is 44.2 Å². The molecule has 1 aromatic rings. The van der Waals surface area contributed by atoms with Crippen molar-refractivity contribution < 1.29 is 48.7 Å². The molecule has 11 atom stereocenters. The smallest absolute Gasteiger partial charge is 0.316 e. The third-order valence-corrected chi connectivity index (χ3v) is 9.08. The average molecular weight is 681 g/mol. The minimum Gasteiger partial charge on any atom is -0.462 e. The summed E-state index contributed by atoms with van der Waals surface area (Å²) >= 11 is 0. The first kappa shape index (κ1) is 39.9. The highest BCUT2D eigenvalue weighted by Crippen LogP contribution is 2.28. The van der Waals surface area contributed by atoms with Crippen LogP contribution in [0.25, 0.3) is 0 Å². The van der Waals surface area contributed by atoms with Gasteiger partial charge in [0.25, 0.3) is 0 Å². The number of carbonyl (C=O) groups is 3. The summed E-state index contributed by atoms with van der Waals surface area (Å²) in [5.74, 6) is -4.18. The lowest BCUT2D eigenvalue weighted by Crippen LogP contribution is -2.52. The van der Waals surface area contributed by atoms with Gasteiger partial charge < -0.3 is 49.8 Å². The van der Waals surface area contributed by atoms with Crippen LogP contribution in [0.5, 0.6) is 0 Å². The van der Waals surface area contributed by atoms with Gasteiger partial charge >= 0.3 is 5.97 Å². The molecule has 272 valence electrons. The molecule has 0 aromatic carbocycles. The van der Waals surface area contributed by atoms with Crippen molar-refractivity contribution in [3.63, 3.8) is 0 Å². The lowest BCUT2D eigenvalue weighted by molar-refractivity contribution is -0.241. The number of hydrogen-bond acceptors (Lipinski definition) is 13. The molecule has 1 amide bonds. The van der Waals surface area contributed by atoms with Crippen LogP contribution in [0.4, 0.5) is 0 Å². The molecule has 5 N–H and O–H groups in total. The summed E-state index contributed by atoms with van der Waals surface area (Å²) in [5, 5.41) is 38.5. The first-order valence-corrected chi connectivity index (χ1v) is 16.8. The van der Waals surface area contributed by atoms with E-state index in [9.17, 15) is 29.7 Å². The van der Waals surface area contributed by atoms with Crippen LogP contribution in [0.2, 0.25) is 0 Å². The summed E-state index contributed by atoms with van der Waals surface area (Å²) in [7, 11) is 3.96. The topological polar surface area (TPSA) is 189 Å². The van der Waals surface area contributed by atoms with Crippen molar-refractivity contribution in [2.75, 3.05) is 33.9 Å². The number of esters is 1. The molecular weight excluding hydrogens is 624 g/mol. The Hall–Kier alpha value is -2.56. The lowest BCUT2D eigenvalue weighted by Gasteiger charge is -2.40. The van der Waals surface area contributed by atoms with Crippen molar-refractivity contribution in [3.05, 3.63) is 30.1 Å². The van der Waals surface area contributed by atoms with Crippen LogP contribution >= 0.6 is 0 Å². The normalized spacial score (nSPS) is 35.3. The van der Waals surface area contributed by atoms with Crippen LogP contribution in [0, 0.1) is 11.8 Å². The molecule has 14 nitrogen and oxygen atoms in total. The number of nitrogens with one attached hydrogen (secondary N) is 2. The number of carbonyl (C=O) groups excluding carboxylic acids is 3. The zero-order chi connectivity index (χ0) is 35.6. The molecule has 8 unspecified atom stereocenters. The SMILES string of the molecule is CC1CC(N(C)C)CC(O[C@@H]2CC(=O)C(C)C(=O)OC[C@@](C)(O)C(O)C(C)C(=O)N[C@H](C)CC2OCC(O)CNCc2ccccn2)O1. The van der Waals surface area contributed by atoms with Crippen molar-refractivity contribution in [2.24, 2.45) is 11.8 Å². The molecule has 2 aliphatic heterocycles. The van der Waals surface area contributed by atoms with Crippen LogP contribution in [0.3, 0.4) is 0 Å². The highest BCUT2D eigenvalue weighted by molar-refractivity contribution is 5.98. The summed E-state index contributed by atoms with van der Waals surface area (Å²) in [6.45, 7) is 7.76. The Labute approximate surface area is 283 Å². The van der Waals surface area contributed by atoms with E-state index in [0.717, 1.165) is 12.1 Å². The maximum atomic E-state index is 13.6. The molecule has 0 spiro atoms. The van der Waals surface area contributed by atoms with E-state index in [4.69, 9.17) is 18.9 Å². The van der Waals surface area contributed by atoms with Gasteiger partial charge in [0.2, 0.25) is 5.91 Å². The largest absolute Gasteiger partial charge is 0.462 e. The number of amides is 1. The fourth-order valence-corrected chi connectivity index (χ4v) is 5.93.